The number of phenols is 1. The maximum absolute atomic E-state index is 9.76. The van der Waals surface area contributed by atoms with Crippen molar-refractivity contribution in [3.63, 3.8) is 0 Å². The van der Waals surface area contributed by atoms with Gasteiger partial charge in [0.25, 0.3) is 0 Å². The van der Waals surface area contributed by atoms with Gasteiger partial charge in [-0.25, -0.2) is 0 Å². The molecule has 0 saturated carbocycles. The highest BCUT2D eigenvalue weighted by molar-refractivity contribution is 5.81. The Hall–Kier alpha value is -1.97. The van der Waals surface area contributed by atoms with Crippen molar-refractivity contribution in [1.29, 1.82) is 0 Å². The molecule has 0 radical (unpaired) electrons. The Morgan fingerprint density at radius 1 is 1.33 bits per heavy atom. The number of hydrogen-bond donors (Lipinski definition) is 2. The highest BCUT2D eigenvalue weighted by atomic mass is 16.3. The summed E-state index contributed by atoms with van der Waals surface area (Å²) in [6.07, 6.45) is 5.53. The average Bonchev–Trinajstić information content (AvgIpc) is 2.65. The smallest absolute Gasteiger partial charge is 0.194 e. The van der Waals surface area contributed by atoms with E-state index in [9.17, 15) is 5.11 Å². The maximum atomic E-state index is 9.76. The Kier molecular flexibility index (Phi) is 6.46. The number of nitrogens with zero attached hydrogens (tertiary/aromatic N) is 2. The molecule has 1 aromatic carbocycles. The molecule has 0 saturated heterocycles. The molecule has 2 aliphatic rings. The molecule has 2 atom stereocenters. The van der Waals surface area contributed by atoms with Crippen molar-refractivity contribution >= 4 is 5.96 Å². The number of aromatic hydroxyl groups is 1. The van der Waals surface area contributed by atoms with Gasteiger partial charge in [0.15, 0.2) is 5.96 Å². The van der Waals surface area contributed by atoms with E-state index < -0.39 is 0 Å². The lowest BCUT2D eigenvalue weighted by Gasteiger charge is -2.41. The number of phenolic OH excluding ortho intramolecular Hbond substituents is 1. The fourth-order valence-electron chi connectivity index (χ4n) is 4.10. The second-order valence-corrected chi connectivity index (χ2v) is 8.51. The molecule has 0 fully saturated rings. The number of rotatable bonds is 7. The van der Waals surface area contributed by atoms with Gasteiger partial charge >= 0.3 is 0 Å². The van der Waals surface area contributed by atoms with Crippen molar-refractivity contribution in [3.05, 3.63) is 41.5 Å². The molecule has 0 spiro atoms. The fourth-order valence-corrected chi connectivity index (χ4v) is 4.10. The zero-order chi connectivity index (χ0) is 19.4. The first-order valence-electron chi connectivity index (χ1n) is 10.5. The monoisotopic (exact) mass is 369 g/mol. The number of benzene rings is 1. The zero-order valence-corrected chi connectivity index (χ0v) is 17.2. The number of hydrogen-bond acceptors (Lipinski definition) is 4. The van der Waals surface area contributed by atoms with Crippen LogP contribution in [-0.4, -0.2) is 35.6 Å². The molecular formula is C23H35N3O. The Morgan fingerprint density at radius 3 is 2.93 bits per heavy atom. The van der Waals surface area contributed by atoms with Gasteiger partial charge in [-0.3, -0.25) is 4.99 Å². The van der Waals surface area contributed by atoms with E-state index in [0.29, 0.717) is 23.6 Å². The van der Waals surface area contributed by atoms with E-state index in [1.54, 1.807) is 0 Å². The van der Waals surface area contributed by atoms with Gasteiger partial charge in [-0.1, -0.05) is 39.0 Å². The van der Waals surface area contributed by atoms with Crippen LogP contribution in [0.1, 0.15) is 63.6 Å². The van der Waals surface area contributed by atoms with Crippen LogP contribution in [0, 0.1) is 11.8 Å². The van der Waals surface area contributed by atoms with Gasteiger partial charge in [0.1, 0.15) is 5.75 Å². The molecule has 2 heterocycles. The lowest BCUT2D eigenvalue weighted by molar-refractivity contribution is 0.261. The van der Waals surface area contributed by atoms with E-state index in [4.69, 9.17) is 4.99 Å². The minimum absolute atomic E-state index is 0.374. The van der Waals surface area contributed by atoms with Crippen LogP contribution in [0.15, 0.2) is 35.3 Å². The van der Waals surface area contributed by atoms with Gasteiger partial charge in [-0.15, -0.1) is 0 Å². The van der Waals surface area contributed by atoms with Crippen LogP contribution in [0.5, 0.6) is 5.75 Å². The van der Waals surface area contributed by atoms with Crippen LogP contribution in [0.25, 0.3) is 0 Å². The number of nitrogens with one attached hydrogen (secondary N) is 1. The molecule has 148 valence electrons. The Balaban J connectivity index is 1.51. The highest BCUT2D eigenvalue weighted by Crippen LogP contribution is 2.35. The highest BCUT2D eigenvalue weighted by Gasteiger charge is 2.31. The van der Waals surface area contributed by atoms with Crippen LogP contribution < -0.4 is 5.32 Å². The molecule has 0 bridgehead atoms. The predicted molar refractivity (Wildman–Crippen MR) is 113 cm³/mol. The van der Waals surface area contributed by atoms with E-state index in [1.807, 2.05) is 12.1 Å². The molecular weight excluding hydrogens is 334 g/mol. The van der Waals surface area contributed by atoms with Gasteiger partial charge < -0.3 is 15.3 Å². The Bertz CT molecular complexity index is 695. The maximum Gasteiger partial charge on any atom is 0.194 e. The summed E-state index contributed by atoms with van der Waals surface area (Å²) in [6.45, 7) is 13.8. The summed E-state index contributed by atoms with van der Waals surface area (Å²) in [4.78, 5) is 7.19. The summed E-state index contributed by atoms with van der Waals surface area (Å²) < 4.78 is 0. The van der Waals surface area contributed by atoms with E-state index >= 15 is 0 Å². The molecule has 0 aliphatic carbocycles. The van der Waals surface area contributed by atoms with E-state index in [2.05, 4.69) is 43.6 Å². The first kappa shape index (κ1) is 19.8. The molecule has 2 aliphatic heterocycles. The normalized spacial score (nSPS) is 19.9. The number of allylic oxidation sites excluding steroid dienone is 1. The van der Waals surface area contributed by atoms with Crippen LogP contribution >= 0.6 is 0 Å². The van der Waals surface area contributed by atoms with E-state index in [1.165, 1.54) is 23.1 Å². The molecule has 1 aromatic rings. The van der Waals surface area contributed by atoms with Gasteiger partial charge in [-0.05, 0) is 67.2 Å². The summed E-state index contributed by atoms with van der Waals surface area (Å²) in [6, 6.07) is 6.22. The van der Waals surface area contributed by atoms with Crippen LogP contribution in [-0.2, 0) is 6.42 Å². The third-order valence-corrected chi connectivity index (χ3v) is 6.11. The number of fused-ring (bicyclic) bond motifs is 3. The standard InChI is InChI=1S/C23H35N3O/c1-16(2)18(4)6-5-17(3)9-12-24-23-25-13-10-22-21-8-7-20(27)15-19(21)11-14-26(22)23/h7-8,15-17,22,27H,4-6,9-14H2,1-3H3,(H,24,25)/t17-,22?/m1/s1. The molecule has 3 rings (SSSR count). The molecule has 4 nitrogen and oxygen atoms in total. The second kappa shape index (κ2) is 8.81. The van der Waals surface area contributed by atoms with Gasteiger partial charge in [0, 0.05) is 19.6 Å². The van der Waals surface area contributed by atoms with Crippen molar-refractivity contribution < 1.29 is 5.11 Å². The van der Waals surface area contributed by atoms with Crippen LogP contribution in [0.4, 0.5) is 0 Å². The van der Waals surface area contributed by atoms with Crippen molar-refractivity contribution in [2.24, 2.45) is 16.8 Å². The van der Waals surface area contributed by atoms with Crippen LogP contribution in [0.3, 0.4) is 0 Å². The van der Waals surface area contributed by atoms with Gasteiger partial charge in [0.05, 0.1) is 6.04 Å². The molecule has 0 aromatic heterocycles. The zero-order valence-electron chi connectivity index (χ0n) is 17.2. The lowest BCUT2D eigenvalue weighted by atomic mass is 9.90. The third-order valence-electron chi connectivity index (χ3n) is 6.11. The molecule has 1 unspecified atom stereocenters. The molecule has 27 heavy (non-hydrogen) atoms. The average molecular weight is 370 g/mol. The van der Waals surface area contributed by atoms with Crippen LogP contribution in [0.2, 0.25) is 0 Å². The van der Waals surface area contributed by atoms with Crippen molar-refractivity contribution in [2.75, 3.05) is 19.6 Å². The summed E-state index contributed by atoms with van der Waals surface area (Å²) in [5.41, 5.74) is 4.01. The topological polar surface area (TPSA) is 47.9 Å². The van der Waals surface area contributed by atoms with Crippen molar-refractivity contribution in [1.82, 2.24) is 10.2 Å². The summed E-state index contributed by atoms with van der Waals surface area (Å²) >= 11 is 0. The van der Waals surface area contributed by atoms with Crippen molar-refractivity contribution in [3.8, 4) is 5.75 Å². The largest absolute Gasteiger partial charge is 0.508 e. The third kappa shape index (κ3) is 4.85. The van der Waals surface area contributed by atoms with E-state index in [0.717, 1.165) is 51.3 Å². The van der Waals surface area contributed by atoms with E-state index in [-0.39, 0.29) is 0 Å². The first-order chi connectivity index (χ1) is 13.0. The summed E-state index contributed by atoms with van der Waals surface area (Å²) in [7, 11) is 0. The number of guanidine groups is 1. The quantitative estimate of drug-likeness (QED) is 0.687. The fraction of sp³-hybridized carbons (Fsp3) is 0.609. The Morgan fingerprint density at radius 2 is 2.15 bits per heavy atom. The molecule has 4 heteroatoms. The second-order valence-electron chi connectivity index (χ2n) is 8.51. The summed E-state index contributed by atoms with van der Waals surface area (Å²) in [5.74, 6) is 2.72. The SMILES string of the molecule is C=C(CC[C@@H](C)CCNC1=NCCC2c3ccc(O)cc3CCN12)C(C)C. The van der Waals surface area contributed by atoms with Crippen molar-refractivity contribution in [2.45, 2.75) is 58.9 Å². The number of aliphatic imine (C=N–C) groups is 1. The first-order valence-corrected chi connectivity index (χ1v) is 10.5. The lowest BCUT2D eigenvalue weighted by Crippen LogP contribution is -2.49. The minimum Gasteiger partial charge on any atom is -0.508 e. The van der Waals surface area contributed by atoms with Gasteiger partial charge in [-0.2, -0.15) is 0 Å². The van der Waals surface area contributed by atoms with Gasteiger partial charge in [0.2, 0.25) is 0 Å². The Labute approximate surface area is 164 Å². The molecule has 0 amide bonds. The summed E-state index contributed by atoms with van der Waals surface area (Å²) in [5, 5.41) is 13.4. The minimum atomic E-state index is 0.374. The molecule has 2 N–H and O–H groups in total. The predicted octanol–water partition coefficient (Wildman–Crippen LogP) is 4.66.